The van der Waals surface area contributed by atoms with Gasteiger partial charge >= 0.3 is 5.97 Å². The van der Waals surface area contributed by atoms with E-state index >= 15 is 0 Å². The van der Waals surface area contributed by atoms with Crippen molar-refractivity contribution in [1.82, 2.24) is 0 Å². The van der Waals surface area contributed by atoms with Crippen molar-refractivity contribution in [2.24, 2.45) is 5.41 Å². The second kappa shape index (κ2) is 8.06. The Bertz CT molecular complexity index is 924. The molecule has 1 N–H and O–H groups in total. The summed E-state index contributed by atoms with van der Waals surface area (Å²) in [4.78, 5) is 11.9. The predicted molar refractivity (Wildman–Crippen MR) is 120 cm³/mol. The molecule has 156 valence electrons. The van der Waals surface area contributed by atoms with Crippen molar-refractivity contribution in [3.8, 4) is 11.5 Å². The minimum absolute atomic E-state index is 0.170. The molecule has 0 aromatic heterocycles. The molecule has 2 aromatic carbocycles. The van der Waals surface area contributed by atoms with E-state index in [0.717, 1.165) is 33.9 Å². The summed E-state index contributed by atoms with van der Waals surface area (Å²) >= 11 is 0. The van der Waals surface area contributed by atoms with Gasteiger partial charge in [-0.05, 0) is 36.3 Å². The Morgan fingerprint density at radius 3 is 2.10 bits per heavy atom. The highest BCUT2D eigenvalue weighted by molar-refractivity contribution is 5.83. The average molecular weight is 395 g/mol. The molecule has 0 heterocycles. The van der Waals surface area contributed by atoms with Crippen LogP contribution in [0, 0.1) is 19.3 Å². The number of esters is 1. The lowest BCUT2D eigenvalue weighted by atomic mass is 9.70. The van der Waals surface area contributed by atoms with E-state index in [-0.39, 0.29) is 16.7 Å². The molecule has 0 fully saturated rings. The molecule has 0 bridgehead atoms. The average Bonchev–Trinajstić information content (AvgIpc) is 2.57. The van der Waals surface area contributed by atoms with Crippen LogP contribution in [-0.4, -0.2) is 11.1 Å². The monoisotopic (exact) mass is 394 g/mol. The summed E-state index contributed by atoms with van der Waals surface area (Å²) in [5.74, 6) is 0.145. The first-order valence-electron chi connectivity index (χ1n) is 10.0. The topological polar surface area (TPSA) is 46.5 Å². The van der Waals surface area contributed by atoms with Gasteiger partial charge in [0.25, 0.3) is 0 Å². The molecule has 2 aromatic rings. The number of phenols is 1. The lowest BCUT2D eigenvalue weighted by molar-refractivity contribution is -0.129. The van der Waals surface area contributed by atoms with Gasteiger partial charge in [-0.3, -0.25) is 0 Å². The number of rotatable bonds is 4. The van der Waals surface area contributed by atoms with Crippen LogP contribution in [0.25, 0.3) is 0 Å². The summed E-state index contributed by atoms with van der Waals surface area (Å²) in [6, 6.07) is 9.88. The van der Waals surface area contributed by atoms with Gasteiger partial charge in [0.15, 0.2) is 0 Å². The van der Waals surface area contributed by atoms with Gasteiger partial charge in [-0.25, -0.2) is 4.79 Å². The lowest BCUT2D eigenvalue weighted by Crippen LogP contribution is -2.23. The zero-order valence-corrected chi connectivity index (χ0v) is 19.0. The fraction of sp³-hybridized carbons (Fsp3) is 0.423. The highest BCUT2D eigenvalue weighted by Crippen LogP contribution is 2.49. The van der Waals surface area contributed by atoms with E-state index in [0.29, 0.717) is 11.5 Å². The number of carbonyl (C=O) groups is 1. The third kappa shape index (κ3) is 5.09. The van der Waals surface area contributed by atoms with Gasteiger partial charge in [0.05, 0.1) is 0 Å². The number of phenolic OH excluding ortho intramolecular Hbond substituents is 1. The number of carbonyl (C=O) groups excluding carboxylic acids is 1. The maximum Gasteiger partial charge on any atom is 0.335 e. The zero-order valence-electron chi connectivity index (χ0n) is 19.0. The number of hydrogen-bond acceptors (Lipinski definition) is 3. The summed E-state index contributed by atoms with van der Waals surface area (Å²) in [6.45, 7) is 20.3. The molecule has 0 aliphatic carbocycles. The molecule has 0 aliphatic heterocycles. The Morgan fingerprint density at radius 1 is 1.00 bits per heavy atom. The first-order valence-corrected chi connectivity index (χ1v) is 10.0. The Balaban J connectivity index is 2.83. The molecule has 0 saturated carbocycles. The molecule has 0 radical (unpaired) electrons. The number of hydrogen-bond donors (Lipinski definition) is 1. The summed E-state index contributed by atoms with van der Waals surface area (Å²) in [6.07, 6.45) is 1.16. The molecule has 0 spiro atoms. The van der Waals surface area contributed by atoms with Crippen molar-refractivity contribution in [2.75, 3.05) is 0 Å². The van der Waals surface area contributed by atoms with Gasteiger partial charge < -0.3 is 9.84 Å². The van der Waals surface area contributed by atoms with E-state index in [1.54, 1.807) is 0 Å². The van der Waals surface area contributed by atoms with E-state index < -0.39 is 5.97 Å². The summed E-state index contributed by atoms with van der Waals surface area (Å²) in [7, 11) is 0. The first kappa shape index (κ1) is 22.7. The third-order valence-corrected chi connectivity index (χ3v) is 5.12. The summed E-state index contributed by atoms with van der Waals surface area (Å²) in [5, 5.41) is 11.3. The molecule has 1 unspecified atom stereocenters. The van der Waals surface area contributed by atoms with Crippen LogP contribution in [-0.2, 0) is 10.2 Å². The van der Waals surface area contributed by atoms with E-state index in [1.165, 1.54) is 0 Å². The van der Waals surface area contributed by atoms with Gasteiger partial charge in [-0.1, -0.05) is 83.5 Å². The van der Waals surface area contributed by atoms with Crippen LogP contribution in [0.2, 0.25) is 0 Å². The largest absolute Gasteiger partial charge is 0.507 e. The van der Waals surface area contributed by atoms with Crippen molar-refractivity contribution in [3.05, 3.63) is 70.8 Å². The van der Waals surface area contributed by atoms with Crippen LogP contribution in [0.4, 0.5) is 0 Å². The number of ether oxygens (including phenoxy) is 1. The molecule has 0 aliphatic rings. The maximum atomic E-state index is 11.9. The van der Waals surface area contributed by atoms with Crippen LogP contribution >= 0.6 is 0 Å². The van der Waals surface area contributed by atoms with Crippen molar-refractivity contribution in [2.45, 2.75) is 66.7 Å². The van der Waals surface area contributed by atoms with Crippen LogP contribution in [0.5, 0.6) is 11.5 Å². The second-order valence-corrected chi connectivity index (χ2v) is 9.97. The van der Waals surface area contributed by atoms with Crippen LogP contribution in [0.15, 0.2) is 43.0 Å². The van der Waals surface area contributed by atoms with Gasteiger partial charge in [0, 0.05) is 23.1 Å². The van der Waals surface area contributed by atoms with Crippen LogP contribution in [0.3, 0.4) is 0 Å². The molecule has 2 rings (SSSR count). The van der Waals surface area contributed by atoms with Crippen molar-refractivity contribution >= 4 is 5.97 Å². The molecule has 3 heteroatoms. The van der Waals surface area contributed by atoms with Crippen molar-refractivity contribution < 1.29 is 14.6 Å². The van der Waals surface area contributed by atoms with Gasteiger partial charge in [-0.2, -0.15) is 0 Å². The Kier molecular flexibility index (Phi) is 6.32. The fourth-order valence-corrected chi connectivity index (χ4v) is 3.84. The van der Waals surface area contributed by atoms with Crippen LogP contribution < -0.4 is 4.74 Å². The zero-order chi connectivity index (χ0) is 22.1. The molecular formula is C26H34O3. The van der Waals surface area contributed by atoms with Gasteiger partial charge in [0.2, 0.25) is 0 Å². The maximum absolute atomic E-state index is 11.9. The third-order valence-electron chi connectivity index (χ3n) is 5.12. The minimum Gasteiger partial charge on any atom is -0.507 e. The summed E-state index contributed by atoms with van der Waals surface area (Å²) in [5.41, 5.74) is 4.38. The first-order chi connectivity index (χ1) is 13.3. The van der Waals surface area contributed by atoms with E-state index in [2.05, 4.69) is 48.1 Å². The number of aromatic hydroxyl groups is 1. The number of aryl methyl sites for hydroxylation is 2. The Hall–Kier alpha value is -2.55. The van der Waals surface area contributed by atoms with Crippen molar-refractivity contribution in [3.63, 3.8) is 0 Å². The predicted octanol–water partition coefficient (Wildman–Crippen LogP) is 6.58. The highest BCUT2D eigenvalue weighted by atomic mass is 16.5. The smallest absolute Gasteiger partial charge is 0.335 e. The van der Waals surface area contributed by atoms with Crippen LogP contribution in [0.1, 0.15) is 75.3 Å². The molecule has 3 nitrogen and oxygen atoms in total. The van der Waals surface area contributed by atoms with Gasteiger partial charge in [-0.15, -0.1) is 0 Å². The molecule has 1 atom stereocenters. The minimum atomic E-state index is -0.494. The second-order valence-electron chi connectivity index (χ2n) is 9.97. The normalized spacial score (nSPS) is 13.1. The molecule has 0 amide bonds. The quantitative estimate of drug-likeness (QED) is 0.362. The fourth-order valence-electron chi connectivity index (χ4n) is 3.84. The SMILES string of the molecule is C=CC(=O)Oc1ccc(C)cc1C(c1cc(C)cc(C(C)(C)C)c1O)C(C)(C)C. The lowest BCUT2D eigenvalue weighted by Gasteiger charge is -2.35. The Labute approximate surface area is 175 Å². The number of benzene rings is 2. The molecule has 29 heavy (non-hydrogen) atoms. The van der Waals surface area contributed by atoms with E-state index in [9.17, 15) is 9.90 Å². The molecule has 0 saturated heterocycles. The standard InChI is InChI=1S/C26H34O3/c1-10-22(27)29-21-12-11-16(2)13-18(21)23(26(7,8)9)19-14-17(3)15-20(24(19)28)25(4,5)6/h10-15,23,28H,1H2,2-9H3. The Morgan fingerprint density at radius 2 is 1.59 bits per heavy atom. The summed E-state index contributed by atoms with van der Waals surface area (Å²) < 4.78 is 5.58. The highest BCUT2D eigenvalue weighted by Gasteiger charge is 2.34. The van der Waals surface area contributed by atoms with Gasteiger partial charge in [0.1, 0.15) is 11.5 Å². The van der Waals surface area contributed by atoms with Crippen molar-refractivity contribution in [1.29, 1.82) is 0 Å². The molecular weight excluding hydrogens is 360 g/mol. The van der Waals surface area contributed by atoms with E-state index in [4.69, 9.17) is 4.74 Å². The van der Waals surface area contributed by atoms with E-state index in [1.807, 2.05) is 44.2 Å².